The summed E-state index contributed by atoms with van der Waals surface area (Å²) in [6.07, 6.45) is 2.07. The molecule has 0 amide bonds. The minimum absolute atomic E-state index is 0.348. The molecule has 1 atom stereocenters. The molecule has 0 bridgehead atoms. The van der Waals surface area contributed by atoms with Crippen molar-refractivity contribution < 1.29 is 0 Å². The van der Waals surface area contributed by atoms with Gasteiger partial charge in [-0.2, -0.15) is 0 Å². The van der Waals surface area contributed by atoms with E-state index in [4.69, 9.17) is 28.9 Å². The Morgan fingerprint density at radius 1 is 1.38 bits per heavy atom. The number of benzene rings is 1. The molecule has 1 unspecified atom stereocenters. The van der Waals surface area contributed by atoms with Gasteiger partial charge in [0.25, 0.3) is 0 Å². The van der Waals surface area contributed by atoms with Crippen LogP contribution >= 0.6 is 23.2 Å². The van der Waals surface area contributed by atoms with Gasteiger partial charge >= 0.3 is 0 Å². The van der Waals surface area contributed by atoms with Gasteiger partial charge in [0.05, 0.1) is 0 Å². The molecule has 4 heteroatoms. The van der Waals surface area contributed by atoms with E-state index in [1.165, 1.54) is 0 Å². The summed E-state index contributed by atoms with van der Waals surface area (Å²) in [5, 5.41) is 1.45. The number of hydrogen-bond acceptors (Lipinski definition) is 2. The maximum Gasteiger partial charge on any atom is 0.0453 e. The third kappa shape index (κ3) is 3.11. The molecule has 1 aromatic carbocycles. The molecule has 0 aliphatic carbocycles. The molecule has 1 aliphatic rings. The van der Waals surface area contributed by atoms with Crippen LogP contribution in [-0.2, 0) is 6.42 Å². The fourth-order valence-electron chi connectivity index (χ4n) is 2.07. The quantitative estimate of drug-likeness (QED) is 0.903. The standard InChI is InChI=1S/C12H16Cl2N2/c13-10-2-1-9(12(14)7-10)3-5-16-6-4-11(15)8-16/h1-2,7,11H,3-6,8,15H2. The first-order valence-electron chi connectivity index (χ1n) is 5.57. The van der Waals surface area contributed by atoms with E-state index in [1.807, 2.05) is 12.1 Å². The maximum absolute atomic E-state index is 6.12. The van der Waals surface area contributed by atoms with Crippen molar-refractivity contribution in [2.75, 3.05) is 19.6 Å². The van der Waals surface area contributed by atoms with Crippen molar-refractivity contribution >= 4 is 23.2 Å². The molecule has 2 nitrogen and oxygen atoms in total. The first-order chi connectivity index (χ1) is 7.65. The number of likely N-dealkylation sites (tertiary alicyclic amines) is 1. The Kier molecular flexibility index (Phi) is 4.09. The highest BCUT2D eigenvalue weighted by Gasteiger charge is 2.18. The normalized spacial score (nSPS) is 21.6. The zero-order valence-electron chi connectivity index (χ0n) is 9.13. The van der Waals surface area contributed by atoms with Crippen molar-refractivity contribution in [2.24, 2.45) is 5.73 Å². The Labute approximate surface area is 106 Å². The lowest BCUT2D eigenvalue weighted by atomic mass is 10.1. The summed E-state index contributed by atoms with van der Waals surface area (Å²) in [5.74, 6) is 0. The highest BCUT2D eigenvalue weighted by Crippen LogP contribution is 2.21. The average molecular weight is 259 g/mol. The minimum Gasteiger partial charge on any atom is -0.326 e. The van der Waals surface area contributed by atoms with Gasteiger partial charge in [-0.05, 0) is 37.1 Å². The molecule has 0 spiro atoms. The molecule has 1 saturated heterocycles. The Morgan fingerprint density at radius 3 is 2.81 bits per heavy atom. The van der Waals surface area contributed by atoms with E-state index in [1.54, 1.807) is 6.07 Å². The number of nitrogens with two attached hydrogens (primary N) is 1. The maximum atomic E-state index is 6.12. The van der Waals surface area contributed by atoms with Crippen LogP contribution in [-0.4, -0.2) is 30.6 Å². The largest absolute Gasteiger partial charge is 0.326 e. The summed E-state index contributed by atoms with van der Waals surface area (Å²) in [5.41, 5.74) is 7.02. The Bertz CT molecular complexity index is 368. The molecule has 0 saturated carbocycles. The van der Waals surface area contributed by atoms with Gasteiger partial charge in [-0.15, -0.1) is 0 Å². The molecule has 2 N–H and O–H groups in total. The third-order valence-corrected chi connectivity index (χ3v) is 3.61. The number of hydrogen-bond donors (Lipinski definition) is 1. The summed E-state index contributed by atoms with van der Waals surface area (Å²) >= 11 is 12.0. The molecule has 1 aromatic rings. The monoisotopic (exact) mass is 258 g/mol. The Balaban J connectivity index is 1.89. The smallest absolute Gasteiger partial charge is 0.0453 e. The SMILES string of the molecule is NC1CCN(CCc2ccc(Cl)cc2Cl)C1. The summed E-state index contributed by atoms with van der Waals surface area (Å²) in [6, 6.07) is 6.04. The predicted octanol–water partition coefficient (Wildman–Crippen LogP) is 2.57. The van der Waals surface area contributed by atoms with Crippen LogP contribution in [0.4, 0.5) is 0 Å². The topological polar surface area (TPSA) is 29.3 Å². The molecule has 2 rings (SSSR count). The second-order valence-electron chi connectivity index (χ2n) is 4.34. The minimum atomic E-state index is 0.348. The lowest BCUT2D eigenvalue weighted by Gasteiger charge is -2.15. The Morgan fingerprint density at radius 2 is 2.19 bits per heavy atom. The van der Waals surface area contributed by atoms with Crippen LogP contribution in [0.25, 0.3) is 0 Å². The van der Waals surface area contributed by atoms with Crippen LogP contribution in [0, 0.1) is 0 Å². The summed E-state index contributed by atoms with van der Waals surface area (Å²) in [4.78, 5) is 2.38. The first-order valence-corrected chi connectivity index (χ1v) is 6.32. The molecule has 1 heterocycles. The third-order valence-electron chi connectivity index (χ3n) is 3.02. The van der Waals surface area contributed by atoms with E-state index in [0.29, 0.717) is 11.1 Å². The van der Waals surface area contributed by atoms with Crippen LogP contribution in [0.15, 0.2) is 18.2 Å². The van der Waals surface area contributed by atoms with Crippen LogP contribution in [0.5, 0.6) is 0 Å². The van der Waals surface area contributed by atoms with E-state index in [0.717, 1.165) is 43.1 Å². The molecule has 1 aliphatic heterocycles. The number of rotatable bonds is 3. The summed E-state index contributed by atoms with van der Waals surface area (Å²) in [7, 11) is 0. The number of halogens is 2. The fraction of sp³-hybridized carbons (Fsp3) is 0.500. The van der Waals surface area contributed by atoms with E-state index >= 15 is 0 Å². The van der Waals surface area contributed by atoms with Crippen molar-refractivity contribution in [3.8, 4) is 0 Å². The molecule has 1 fully saturated rings. The zero-order chi connectivity index (χ0) is 11.5. The molecule has 88 valence electrons. The molecule has 16 heavy (non-hydrogen) atoms. The van der Waals surface area contributed by atoms with Crippen molar-refractivity contribution in [3.05, 3.63) is 33.8 Å². The summed E-state index contributed by atoms with van der Waals surface area (Å²) < 4.78 is 0. The van der Waals surface area contributed by atoms with Crippen LogP contribution in [0.2, 0.25) is 10.0 Å². The van der Waals surface area contributed by atoms with Crippen molar-refractivity contribution in [1.29, 1.82) is 0 Å². The molecular formula is C12H16Cl2N2. The predicted molar refractivity (Wildman–Crippen MR) is 69.2 cm³/mol. The fourth-order valence-corrected chi connectivity index (χ4v) is 2.57. The van der Waals surface area contributed by atoms with Crippen molar-refractivity contribution in [3.63, 3.8) is 0 Å². The molecule has 0 radical (unpaired) electrons. The van der Waals surface area contributed by atoms with E-state index in [2.05, 4.69) is 4.90 Å². The highest BCUT2D eigenvalue weighted by molar-refractivity contribution is 6.35. The van der Waals surface area contributed by atoms with Gasteiger partial charge in [0, 0.05) is 29.2 Å². The average Bonchev–Trinajstić information content (AvgIpc) is 2.63. The van der Waals surface area contributed by atoms with Gasteiger partial charge in [0.2, 0.25) is 0 Å². The van der Waals surface area contributed by atoms with Gasteiger partial charge < -0.3 is 10.6 Å². The molecule has 0 aromatic heterocycles. The van der Waals surface area contributed by atoms with Crippen molar-refractivity contribution in [1.82, 2.24) is 4.90 Å². The Hall–Kier alpha value is -0.280. The zero-order valence-corrected chi connectivity index (χ0v) is 10.6. The van der Waals surface area contributed by atoms with E-state index < -0.39 is 0 Å². The number of nitrogens with zero attached hydrogens (tertiary/aromatic N) is 1. The van der Waals surface area contributed by atoms with Gasteiger partial charge in [-0.3, -0.25) is 0 Å². The van der Waals surface area contributed by atoms with E-state index in [-0.39, 0.29) is 0 Å². The van der Waals surface area contributed by atoms with Gasteiger partial charge in [0.1, 0.15) is 0 Å². The van der Waals surface area contributed by atoms with Crippen LogP contribution < -0.4 is 5.73 Å². The second-order valence-corrected chi connectivity index (χ2v) is 5.18. The first kappa shape index (κ1) is 12.2. The van der Waals surface area contributed by atoms with Crippen LogP contribution in [0.3, 0.4) is 0 Å². The van der Waals surface area contributed by atoms with Crippen molar-refractivity contribution in [2.45, 2.75) is 18.9 Å². The lowest BCUT2D eigenvalue weighted by Crippen LogP contribution is -2.28. The second kappa shape index (κ2) is 5.37. The van der Waals surface area contributed by atoms with Crippen LogP contribution in [0.1, 0.15) is 12.0 Å². The van der Waals surface area contributed by atoms with Gasteiger partial charge in [-0.25, -0.2) is 0 Å². The highest BCUT2D eigenvalue weighted by atomic mass is 35.5. The van der Waals surface area contributed by atoms with E-state index in [9.17, 15) is 0 Å². The van der Waals surface area contributed by atoms with Gasteiger partial charge in [-0.1, -0.05) is 29.3 Å². The molecular weight excluding hydrogens is 243 g/mol. The lowest BCUT2D eigenvalue weighted by molar-refractivity contribution is 0.339. The summed E-state index contributed by atoms with van der Waals surface area (Å²) in [6.45, 7) is 3.13. The van der Waals surface area contributed by atoms with Gasteiger partial charge in [0.15, 0.2) is 0 Å².